The highest BCUT2D eigenvalue weighted by Crippen LogP contribution is 2.34. The van der Waals surface area contributed by atoms with Crippen LogP contribution < -0.4 is 14.2 Å². The molecule has 1 fully saturated rings. The zero-order valence-corrected chi connectivity index (χ0v) is 15.5. The third-order valence-electron chi connectivity index (χ3n) is 4.88. The number of hydrogen-bond donors (Lipinski definition) is 0. The Morgan fingerprint density at radius 3 is 2.38 bits per heavy atom. The number of carbonyl (C=O) groups excluding carboxylic acids is 1. The third kappa shape index (κ3) is 3.77. The molecule has 2 aromatic rings. The van der Waals surface area contributed by atoms with Crippen LogP contribution in [-0.4, -0.2) is 38.7 Å². The van der Waals surface area contributed by atoms with E-state index in [2.05, 4.69) is 0 Å². The Bertz CT molecular complexity index is 757. The lowest BCUT2D eigenvalue weighted by Gasteiger charge is -2.25. The number of rotatable bonds is 6. The van der Waals surface area contributed by atoms with E-state index in [9.17, 15) is 4.79 Å². The van der Waals surface area contributed by atoms with Crippen LogP contribution in [0.3, 0.4) is 0 Å². The van der Waals surface area contributed by atoms with E-state index >= 15 is 0 Å². The van der Waals surface area contributed by atoms with Gasteiger partial charge < -0.3 is 19.1 Å². The van der Waals surface area contributed by atoms with Crippen LogP contribution in [0.1, 0.15) is 30.0 Å². The third-order valence-corrected chi connectivity index (χ3v) is 4.88. The van der Waals surface area contributed by atoms with Gasteiger partial charge in [-0.05, 0) is 48.2 Å². The lowest BCUT2D eigenvalue weighted by Crippen LogP contribution is -2.31. The first-order valence-corrected chi connectivity index (χ1v) is 8.80. The number of nitrogens with zero attached hydrogens (tertiary/aromatic N) is 1. The summed E-state index contributed by atoms with van der Waals surface area (Å²) in [6.07, 6.45) is 2.37. The van der Waals surface area contributed by atoms with Crippen molar-refractivity contribution in [3.63, 3.8) is 0 Å². The topological polar surface area (TPSA) is 48.0 Å². The Kier molecular flexibility index (Phi) is 5.66. The molecule has 1 unspecified atom stereocenters. The van der Waals surface area contributed by atoms with E-state index in [0.29, 0.717) is 17.9 Å². The van der Waals surface area contributed by atoms with Crippen LogP contribution in [0.2, 0.25) is 0 Å². The van der Waals surface area contributed by atoms with Gasteiger partial charge in [0, 0.05) is 6.54 Å². The highest BCUT2D eigenvalue weighted by atomic mass is 16.5. The summed E-state index contributed by atoms with van der Waals surface area (Å²) in [5, 5.41) is 0. The molecule has 5 heteroatoms. The van der Waals surface area contributed by atoms with E-state index in [1.807, 2.05) is 47.4 Å². The van der Waals surface area contributed by atoms with Crippen molar-refractivity contribution in [2.24, 2.45) is 0 Å². The summed E-state index contributed by atoms with van der Waals surface area (Å²) in [7, 11) is 4.86. The number of ether oxygens (including phenoxy) is 3. The summed E-state index contributed by atoms with van der Waals surface area (Å²) in [6, 6.07) is 13.7. The Morgan fingerprint density at radius 2 is 1.73 bits per heavy atom. The van der Waals surface area contributed by atoms with Crippen LogP contribution in [-0.2, 0) is 11.2 Å². The number of likely N-dealkylation sites (tertiary alicyclic amines) is 1. The molecule has 2 aromatic carbocycles. The zero-order chi connectivity index (χ0) is 18.5. The standard InChI is InChI=1S/C21H25NO4/c1-24-17-9-7-16(8-10-17)18-5-4-12-22(18)21(23)14-15-6-11-19(25-2)20(13-15)26-3/h6-11,13,18H,4-5,12,14H2,1-3H3. The molecule has 0 spiro atoms. The molecule has 5 nitrogen and oxygen atoms in total. The maximum atomic E-state index is 12.9. The summed E-state index contributed by atoms with van der Waals surface area (Å²) in [5.74, 6) is 2.28. The van der Waals surface area contributed by atoms with E-state index < -0.39 is 0 Å². The molecule has 1 heterocycles. The lowest BCUT2D eigenvalue weighted by atomic mass is 10.0. The molecule has 1 atom stereocenters. The molecule has 0 radical (unpaired) electrons. The summed E-state index contributed by atoms with van der Waals surface area (Å²) >= 11 is 0. The van der Waals surface area contributed by atoms with Crippen molar-refractivity contribution in [2.75, 3.05) is 27.9 Å². The van der Waals surface area contributed by atoms with E-state index in [0.717, 1.165) is 36.3 Å². The second kappa shape index (κ2) is 8.13. The van der Waals surface area contributed by atoms with Crippen molar-refractivity contribution in [2.45, 2.75) is 25.3 Å². The van der Waals surface area contributed by atoms with E-state index in [1.54, 1.807) is 21.3 Å². The molecular weight excluding hydrogens is 330 g/mol. The predicted molar refractivity (Wildman–Crippen MR) is 99.9 cm³/mol. The molecule has 1 amide bonds. The molecule has 138 valence electrons. The monoisotopic (exact) mass is 355 g/mol. The Balaban J connectivity index is 1.74. The first kappa shape index (κ1) is 18.1. The van der Waals surface area contributed by atoms with Gasteiger partial charge in [0.2, 0.25) is 5.91 Å². The van der Waals surface area contributed by atoms with Gasteiger partial charge in [-0.15, -0.1) is 0 Å². The van der Waals surface area contributed by atoms with Crippen molar-refractivity contribution in [3.8, 4) is 17.2 Å². The van der Waals surface area contributed by atoms with Gasteiger partial charge in [0.25, 0.3) is 0 Å². The van der Waals surface area contributed by atoms with Crippen LogP contribution in [0.15, 0.2) is 42.5 Å². The highest BCUT2D eigenvalue weighted by molar-refractivity contribution is 5.79. The maximum absolute atomic E-state index is 12.9. The summed E-state index contributed by atoms with van der Waals surface area (Å²) in [4.78, 5) is 14.9. The minimum Gasteiger partial charge on any atom is -0.497 e. The highest BCUT2D eigenvalue weighted by Gasteiger charge is 2.29. The number of hydrogen-bond acceptors (Lipinski definition) is 4. The molecule has 1 aliphatic heterocycles. The average molecular weight is 355 g/mol. The van der Waals surface area contributed by atoms with Crippen molar-refractivity contribution >= 4 is 5.91 Å². The van der Waals surface area contributed by atoms with Crippen LogP contribution in [0.5, 0.6) is 17.2 Å². The van der Waals surface area contributed by atoms with Gasteiger partial charge in [-0.2, -0.15) is 0 Å². The molecule has 1 aliphatic rings. The number of carbonyl (C=O) groups is 1. The van der Waals surface area contributed by atoms with Crippen LogP contribution >= 0.6 is 0 Å². The van der Waals surface area contributed by atoms with Crippen LogP contribution in [0, 0.1) is 0 Å². The number of benzene rings is 2. The van der Waals surface area contributed by atoms with E-state index in [4.69, 9.17) is 14.2 Å². The number of methoxy groups -OCH3 is 3. The fraction of sp³-hybridized carbons (Fsp3) is 0.381. The molecule has 1 saturated heterocycles. The zero-order valence-electron chi connectivity index (χ0n) is 15.5. The van der Waals surface area contributed by atoms with Crippen molar-refractivity contribution in [3.05, 3.63) is 53.6 Å². The van der Waals surface area contributed by atoms with Crippen LogP contribution in [0.25, 0.3) is 0 Å². The molecule has 3 rings (SSSR count). The molecule has 0 aliphatic carbocycles. The lowest BCUT2D eigenvalue weighted by molar-refractivity contribution is -0.131. The summed E-state index contributed by atoms with van der Waals surface area (Å²) in [5.41, 5.74) is 2.08. The van der Waals surface area contributed by atoms with Gasteiger partial charge in [-0.3, -0.25) is 4.79 Å². The Hall–Kier alpha value is -2.69. The molecule has 26 heavy (non-hydrogen) atoms. The van der Waals surface area contributed by atoms with Gasteiger partial charge in [-0.25, -0.2) is 0 Å². The van der Waals surface area contributed by atoms with Gasteiger partial charge in [0.15, 0.2) is 11.5 Å². The first-order chi connectivity index (χ1) is 12.7. The van der Waals surface area contributed by atoms with Gasteiger partial charge in [0.1, 0.15) is 5.75 Å². The largest absolute Gasteiger partial charge is 0.497 e. The van der Waals surface area contributed by atoms with Gasteiger partial charge in [-0.1, -0.05) is 18.2 Å². The van der Waals surface area contributed by atoms with E-state index in [1.165, 1.54) is 0 Å². The second-order valence-electron chi connectivity index (χ2n) is 6.38. The molecule has 0 bridgehead atoms. The summed E-state index contributed by atoms with van der Waals surface area (Å²) in [6.45, 7) is 0.794. The van der Waals surface area contributed by atoms with Gasteiger partial charge >= 0.3 is 0 Å². The Labute approximate surface area is 154 Å². The second-order valence-corrected chi connectivity index (χ2v) is 6.38. The Morgan fingerprint density at radius 1 is 1.00 bits per heavy atom. The normalized spacial score (nSPS) is 16.4. The van der Waals surface area contributed by atoms with Gasteiger partial charge in [0.05, 0.1) is 33.8 Å². The fourth-order valence-corrected chi connectivity index (χ4v) is 3.50. The molecule has 0 aromatic heterocycles. The molecule has 0 N–H and O–H groups in total. The quantitative estimate of drug-likeness (QED) is 0.794. The predicted octanol–water partition coefficient (Wildman–Crippen LogP) is 3.62. The maximum Gasteiger partial charge on any atom is 0.227 e. The number of amides is 1. The minimum absolute atomic E-state index is 0.133. The van der Waals surface area contributed by atoms with Crippen molar-refractivity contribution < 1.29 is 19.0 Å². The van der Waals surface area contributed by atoms with Crippen molar-refractivity contribution in [1.29, 1.82) is 0 Å². The molecular formula is C21H25NO4. The van der Waals surface area contributed by atoms with Crippen LogP contribution in [0.4, 0.5) is 0 Å². The minimum atomic E-state index is 0.133. The van der Waals surface area contributed by atoms with E-state index in [-0.39, 0.29) is 11.9 Å². The summed E-state index contributed by atoms with van der Waals surface area (Å²) < 4.78 is 15.8. The average Bonchev–Trinajstić information content (AvgIpc) is 3.18. The fourth-order valence-electron chi connectivity index (χ4n) is 3.50. The molecule has 0 saturated carbocycles. The van der Waals surface area contributed by atoms with Crippen molar-refractivity contribution in [1.82, 2.24) is 4.90 Å². The SMILES string of the molecule is COc1ccc(C2CCCN2C(=O)Cc2ccc(OC)c(OC)c2)cc1. The first-order valence-electron chi connectivity index (χ1n) is 8.80. The smallest absolute Gasteiger partial charge is 0.227 e.